The van der Waals surface area contributed by atoms with Crippen LogP contribution in [-0.2, 0) is 4.79 Å². The molecule has 0 unspecified atom stereocenters. The number of carbonyl (C=O) groups is 1. The first-order valence-corrected chi connectivity index (χ1v) is 11.7. The van der Waals surface area contributed by atoms with E-state index in [1.165, 1.54) is 37.4 Å². The lowest BCUT2D eigenvalue weighted by atomic mass is 10.1. The van der Waals surface area contributed by atoms with Gasteiger partial charge in [-0.2, -0.15) is 0 Å². The van der Waals surface area contributed by atoms with Crippen molar-refractivity contribution in [3.63, 3.8) is 0 Å². The van der Waals surface area contributed by atoms with Gasteiger partial charge in [0.05, 0.1) is 11.8 Å². The van der Waals surface area contributed by atoms with E-state index in [1.54, 1.807) is 0 Å². The summed E-state index contributed by atoms with van der Waals surface area (Å²) in [5.74, 6) is 2.77. The Hall–Kier alpha value is -2.42. The van der Waals surface area contributed by atoms with Crippen molar-refractivity contribution >= 4 is 23.6 Å². The van der Waals surface area contributed by atoms with Gasteiger partial charge in [0.15, 0.2) is 16.7 Å². The number of benzene rings is 1. The molecular weight excluding hydrogens is 402 g/mol. The van der Waals surface area contributed by atoms with Gasteiger partial charge in [-0.05, 0) is 50.3 Å². The molecular formula is C21H27N5O3S. The van der Waals surface area contributed by atoms with Crippen LogP contribution in [0.1, 0.15) is 50.3 Å². The quantitative estimate of drug-likeness (QED) is 0.678. The molecule has 0 radical (unpaired) electrons. The van der Waals surface area contributed by atoms with Gasteiger partial charge in [-0.25, -0.2) is 0 Å². The number of carbonyl (C=O) groups excluding carboxylic acids is 1. The van der Waals surface area contributed by atoms with Gasteiger partial charge >= 0.3 is 0 Å². The minimum Gasteiger partial charge on any atom is -0.486 e. The van der Waals surface area contributed by atoms with Gasteiger partial charge in [-0.1, -0.05) is 17.8 Å². The molecule has 30 heavy (non-hydrogen) atoms. The summed E-state index contributed by atoms with van der Waals surface area (Å²) in [4.78, 5) is 14.9. The fourth-order valence-electron chi connectivity index (χ4n) is 3.98. The minimum absolute atomic E-state index is 0.0181. The Bertz CT molecular complexity index is 923. The minimum atomic E-state index is -0.115. The zero-order valence-electron chi connectivity index (χ0n) is 17.2. The first-order chi connectivity index (χ1) is 14.7. The molecule has 1 aromatic heterocycles. The maximum Gasteiger partial charge on any atom is 0.230 e. The van der Waals surface area contributed by atoms with Crippen molar-refractivity contribution in [1.29, 1.82) is 0 Å². The molecule has 2 aromatic rings. The van der Waals surface area contributed by atoms with Crippen molar-refractivity contribution in [2.45, 2.75) is 49.8 Å². The highest BCUT2D eigenvalue weighted by atomic mass is 32.2. The number of fused-ring (bicyclic) bond motifs is 1. The Morgan fingerprint density at radius 2 is 1.97 bits per heavy atom. The van der Waals surface area contributed by atoms with Gasteiger partial charge in [0.2, 0.25) is 11.9 Å². The molecule has 1 atom stereocenters. The second-order valence-electron chi connectivity index (χ2n) is 8.06. The lowest BCUT2D eigenvalue weighted by molar-refractivity contribution is -0.119. The summed E-state index contributed by atoms with van der Waals surface area (Å²) in [5.41, 5.74) is 0.995. The third kappa shape index (κ3) is 4.08. The Morgan fingerprint density at radius 3 is 2.73 bits per heavy atom. The number of rotatable bonds is 7. The molecule has 160 valence electrons. The van der Waals surface area contributed by atoms with Gasteiger partial charge in [0, 0.05) is 19.1 Å². The predicted molar refractivity (Wildman–Crippen MR) is 114 cm³/mol. The number of amides is 1. The van der Waals surface area contributed by atoms with E-state index in [0.717, 1.165) is 41.3 Å². The fraction of sp³-hybridized carbons (Fsp3) is 0.571. The third-order valence-electron chi connectivity index (χ3n) is 5.72. The van der Waals surface area contributed by atoms with Crippen molar-refractivity contribution in [2.75, 3.05) is 37.0 Å². The van der Waals surface area contributed by atoms with Crippen LogP contribution in [0.4, 0.5) is 5.95 Å². The molecule has 1 aliphatic carbocycles. The standard InChI is InChI=1S/C21H27N5O3S/c1-14(15-4-7-17-18(12-15)29-11-10-28-17)22-19(27)13-30-21-24-23-20(25-8-2-3-9-25)26(21)16-5-6-16/h4,7,12,14,16H,2-3,5-6,8-11,13H2,1H3,(H,22,27)/t14-/m0/s1. The summed E-state index contributed by atoms with van der Waals surface area (Å²) < 4.78 is 13.5. The smallest absolute Gasteiger partial charge is 0.230 e. The fourth-order valence-corrected chi connectivity index (χ4v) is 4.79. The van der Waals surface area contributed by atoms with Gasteiger partial charge in [0.25, 0.3) is 0 Å². The van der Waals surface area contributed by atoms with Crippen molar-refractivity contribution in [3.8, 4) is 11.5 Å². The van der Waals surface area contributed by atoms with E-state index in [9.17, 15) is 4.79 Å². The van der Waals surface area contributed by atoms with Crippen LogP contribution in [0.2, 0.25) is 0 Å². The topological polar surface area (TPSA) is 81.5 Å². The van der Waals surface area contributed by atoms with E-state index in [1.807, 2.05) is 25.1 Å². The normalized spacial score (nSPS) is 19.0. The van der Waals surface area contributed by atoms with E-state index in [4.69, 9.17) is 9.47 Å². The maximum absolute atomic E-state index is 12.6. The summed E-state index contributed by atoms with van der Waals surface area (Å²) in [6.45, 7) is 5.19. The second-order valence-corrected chi connectivity index (χ2v) is 9.00. The molecule has 1 saturated heterocycles. The first kappa shape index (κ1) is 19.5. The summed E-state index contributed by atoms with van der Waals surface area (Å²) >= 11 is 1.47. The van der Waals surface area contributed by atoms with Crippen LogP contribution in [0.15, 0.2) is 23.4 Å². The molecule has 0 bridgehead atoms. The van der Waals surface area contributed by atoms with Crippen LogP contribution in [0, 0.1) is 0 Å². The molecule has 2 aliphatic heterocycles. The highest BCUT2D eigenvalue weighted by Crippen LogP contribution is 2.41. The summed E-state index contributed by atoms with van der Waals surface area (Å²) in [6, 6.07) is 6.18. The van der Waals surface area contributed by atoms with E-state index in [0.29, 0.717) is 25.0 Å². The van der Waals surface area contributed by atoms with E-state index in [2.05, 4.69) is 25.0 Å². The number of aromatic nitrogens is 3. The Balaban J connectivity index is 1.20. The summed E-state index contributed by atoms with van der Waals surface area (Å²) in [7, 11) is 0. The Morgan fingerprint density at radius 1 is 1.20 bits per heavy atom. The lowest BCUT2D eigenvalue weighted by Crippen LogP contribution is -2.28. The van der Waals surface area contributed by atoms with Crippen LogP contribution >= 0.6 is 11.8 Å². The summed E-state index contributed by atoms with van der Waals surface area (Å²) in [6.07, 6.45) is 4.75. The number of anilines is 1. The number of ether oxygens (including phenoxy) is 2. The van der Waals surface area contributed by atoms with Crippen LogP contribution in [0.3, 0.4) is 0 Å². The molecule has 5 rings (SSSR count). The van der Waals surface area contributed by atoms with Crippen LogP contribution in [-0.4, -0.2) is 52.7 Å². The number of thioether (sulfide) groups is 1. The number of nitrogens with one attached hydrogen (secondary N) is 1. The second kappa shape index (κ2) is 8.37. The first-order valence-electron chi connectivity index (χ1n) is 10.7. The van der Waals surface area contributed by atoms with Gasteiger partial charge in [0.1, 0.15) is 13.2 Å². The average molecular weight is 430 g/mol. The number of nitrogens with zero attached hydrogens (tertiary/aromatic N) is 4. The zero-order chi connectivity index (χ0) is 20.5. The van der Waals surface area contributed by atoms with Gasteiger partial charge < -0.3 is 19.7 Å². The van der Waals surface area contributed by atoms with Crippen LogP contribution in [0.25, 0.3) is 0 Å². The average Bonchev–Trinajstić information content (AvgIpc) is 3.28. The van der Waals surface area contributed by atoms with Crippen molar-refractivity contribution in [1.82, 2.24) is 20.1 Å². The van der Waals surface area contributed by atoms with Crippen molar-refractivity contribution in [3.05, 3.63) is 23.8 Å². The van der Waals surface area contributed by atoms with Crippen LogP contribution in [0.5, 0.6) is 11.5 Å². The SMILES string of the molecule is C[C@H](NC(=O)CSc1nnc(N2CCCC2)n1C1CC1)c1ccc2c(c1)OCCO2. The third-order valence-corrected chi connectivity index (χ3v) is 6.67. The molecule has 3 aliphatic rings. The molecule has 8 nitrogen and oxygen atoms in total. The van der Waals surface area contributed by atoms with E-state index >= 15 is 0 Å². The van der Waals surface area contributed by atoms with E-state index < -0.39 is 0 Å². The number of hydrogen-bond donors (Lipinski definition) is 1. The predicted octanol–water partition coefficient (Wildman–Crippen LogP) is 2.95. The molecule has 0 spiro atoms. The lowest BCUT2D eigenvalue weighted by Gasteiger charge is -2.21. The number of hydrogen-bond acceptors (Lipinski definition) is 7. The molecule has 2 fully saturated rings. The largest absolute Gasteiger partial charge is 0.486 e. The molecule has 1 saturated carbocycles. The highest BCUT2D eigenvalue weighted by molar-refractivity contribution is 7.99. The van der Waals surface area contributed by atoms with E-state index in [-0.39, 0.29) is 11.9 Å². The van der Waals surface area contributed by atoms with Gasteiger partial charge in [-0.3, -0.25) is 9.36 Å². The molecule has 1 amide bonds. The Kier molecular flexibility index (Phi) is 5.45. The van der Waals surface area contributed by atoms with Crippen LogP contribution < -0.4 is 19.7 Å². The monoisotopic (exact) mass is 429 g/mol. The highest BCUT2D eigenvalue weighted by Gasteiger charge is 2.32. The molecule has 1 N–H and O–H groups in total. The van der Waals surface area contributed by atoms with Crippen molar-refractivity contribution in [2.24, 2.45) is 0 Å². The van der Waals surface area contributed by atoms with Gasteiger partial charge in [-0.15, -0.1) is 10.2 Å². The Labute approximate surface area is 180 Å². The maximum atomic E-state index is 12.6. The van der Waals surface area contributed by atoms with Crippen molar-refractivity contribution < 1.29 is 14.3 Å². The zero-order valence-corrected chi connectivity index (χ0v) is 18.0. The summed E-state index contributed by atoms with van der Waals surface area (Å²) in [5, 5.41) is 12.8. The molecule has 3 heterocycles. The molecule has 1 aromatic carbocycles. The molecule has 9 heteroatoms.